The summed E-state index contributed by atoms with van der Waals surface area (Å²) in [6.45, 7) is 19.6. The normalized spacial score (nSPS) is 53.7. The Morgan fingerprint density at radius 1 is 0.725 bits per heavy atom. The molecule has 7 aliphatic carbocycles. The first kappa shape index (κ1) is 28.2. The second kappa shape index (κ2) is 8.97. The van der Waals surface area contributed by atoms with Crippen molar-refractivity contribution in [2.24, 2.45) is 70.0 Å². The third-order valence-corrected chi connectivity index (χ3v) is 15.4. The minimum Gasteiger partial charge on any atom is -0.390 e. The summed E-state index contributed by atoms with van der Waals surface area (Å²) >= 11 is 0. The highest BCUT2D eigenvalue weighted by molar-refractivity contribution is 5.52. The van der Waals surface area contributed by atoms with E-state index in [2.05, 4.69) is 55.4 Å². The lowest BCUT2D eigenvalue weighted by atomic mass is 9.36. The highest BCUT2D eigenvalue weighted by Gasteiger charge is 2.67. The summed E-state index contributed by atoms with van der Waals surface area (Å²) < 4.78 is 0. The van der Waals surface area contributed by atoms with Gasteiger partial charge in [-0.05, 0) is 159 Å². The van der Waals surface area contributed by atoms with Crippen LogP contribution in [0.5, 0.6) is 0 Å². The van der Waals surface area contributed by atoms with Gasteiger partial charge in [-0.3, -0.25) is 0 Å². The lowest BCUT2D eigenvalue weighted by molar-refractivity contribution is -0.184. The fraction of sp³-hybridized carbons (Fsp3) is 0.895. The Morgan fingerprint density at radius 3 is 1.98 bits per heavy atom. The topological polar surface area (TPSA) is 40.5 Å². The van der Waals surface area contributed by atoms with Crippen molar-refractivity contribution in [1.29, 1.82) is 0 Å². The molecular formula is C38H60O2. The van der Waals surface area contributed by atoms with Crippen LogP contribution >= 0.6 is 0 Å². The van der Waals surface area contributed by atoms with Crippen molar-refractivity contribution in [3.8, 4) is 0 Å². The van der Waals surface area contributed by atoms with E-state index in [4.69, 9.17) is 0 Å². The number of aliphatic hydroxyl groups is 2. The molecule has 0 heterocycles. The minimum absolute atomic E-state index is 0.222. The first-order valence-corrected chi connectivity index (χ1v) is 17.6. The zero-order chi connectivity index (χ0) is 28.6. The van der Waals surface area contributed by atoms with E-state index in [-0.39, 0.29) is 10.8 Å². The fourth-order valence-corrected chi connectivity index (χ4v) is 13.8. The first-order chi connectivity index (χ1) is 18.7. The van der Waals surface area contributed by atoms with Crippen LogP contribution in [-0.4, -0.2) is 21.4 Å². The number of rotatable bonds is 2. The van der Waals surface area contributed by atoms with Gasteiger partial charge in [0, 0.05) is 0 Å². The summed E-state index contributed by atoms with van der Waals surface area (Å²) in [4.78, 5) is 0. The van der Waals surface area contributed by atoms with Gasteiger partial charge in [-0.2, -0.15) is 0 Å². The Hall–Kier alpha value is -0.600. The van der Waals surface area contributed by atoms with E-state index in [0.29, 0.717) is 59.2 Å². The van der Waals surface area contributed by atoms with Gasteiger partial charge in [0.2, 0.25) is 0 Å². The quantitative estimate of drug-likeness (QED) is 0.361. The first-order valence-electron chi connectivity index (χ1n) is 17.6. The van der Waals surface area contributed by atoms with Crippen molar-refractivity contribution < 1.29 is 10.2 Å². The van der Waals surface area contributed by atoms with Gasteiger partial charge in [-0.15, -0.1) is 0 Å². The van der Waals surface area contributed by atoms with Gasteiger partial charge >= 0.3 is 0 Å². The van der Waals surface area contributed by atoms with Crippen molar-refractivity contribution in [2.45, 2.75) is 144 Å². The van der Waals surface area contributed by atoms with Crippen molar-refractivity contribution in [1.82, 2.24) is 0 Å². The number of hydrogen-bond acceptors (Lipinski definition) is 2. The largest absolute Gasteiger partial charge is 0.390 e. The molecule has 0 aromatic carbocycles. The molecule has 7 aliphatic rings. The molecule has 0 aliphatic heterocycles. The predicted octanol–water partition coefficient (Wildman–Crippen LogP) is 9.11. The van der Waals surface area contributed by atoms with E-state index >= 15 is 0 Å². The third-order valence-electron chi connectivity index (χ3n) is 15.4. The van der Waals surface area contributed by atoms with E-state index in [1.807, 2.05) is 22.3 Å². The molecule has 2 nitrogen and oxygen atoms in total. The average molecular weight is 549 g/mol. The monoisotopic (exact) mass is 548 g/mol. The lowest BCUT2D eigenvalue weighted by Gasteiger charge is -2.69. The van der Waals surface area contributed by atoms with Crippen molar-refractivity contribution in [3.05, 3.63) is 22.3 Å². The maximum absolute atomic E-state index is 12.0. The van der Waals surface area contributed by atoms with Gasteiger partial charge < -0.3 is 10.2 Å². The van der Waals surface area contributed by atoms with Crippen LogP contribution in [0.15, 0.2) is 22.3 Å². The number of fused-ring (bicyclic) bond motifs is 6. The minimum atomic E-state index is -0.543. The molecule has 0 aromatic heterocycles. The maximum atomic E-state index is 12.0. The molecule has 4 saturated carbocycles. The van der Waals surface area contributed by atoms with Crippen molar-refractivity contribution in [2.75, 3.05) is 0 Å². The molecular weight excluding hydrogens is 488 g/mol. The molecule has 12 unspecified atom stereocenters. The highest BCUT2D eigenvalue weighted by Crippen LogP contribution is 2.74. The number of allylic oxidation sites excluding steroid dienone is 4. The summed E-state index contributed by atoms with van der Waals surface area (Å²) in [6.07, 6.45) is 14.5. The number of hydrogen-bond donors (Lipinski definition) is 2. The van der Waals surface area contributed by atoms with Gasteiger partial charge in [-0.1, -0.05) is 65.5 Å². The Morgan fingerprint density at radius 2 is 1.35 bits per heavy atom. The van der Waals surface area contributed by atoms with Crippen LogP contribution in [0.25, 0.3) is 0 Å². The molecule has 0 spiro atoms. The maximum Gasteiger partial charge on any atom is 0.0653 e. The van der Waals surface area contributed by atoms with Gasteiger partial charge in [0.15, 0.2) is 0 Å². The second-order valence-corrected chi connectivity index (χ2v) is 17.9. The van der Waals surface area contributed by atoms with Crippen molar-refractivity contribution in [3.63, 3.8) is 0 Å². The summed E-state index contributed by atoms with van der Waals surface area (Å²) in [7, 11) is 0. The molecule has 7 rings (SSSR count). The molecule has 0 radical (unpaired) electrons. The van der Waals surface area contributed by atoms with Crippen LogP contribution in [0.1, 0.15) is 132 Å². The molecule has 0 bridgehead atoms. The summed E-state index contributed by atoms with van der Waals surface area (Å²) in [6, 6.07) is 0. The SMILES string of the molecule is CC(C)C1=C2C3=C4C(CC5C(C)(O)CCCC5(C)C4CCC3C(C)C)C3CC4C(C)(O)CCCC4(C)C(CC1)C23. The molecule has 0 amide bonds. The molecule has 12 atom stereocenters. The molecule has 4 fully saturated rings. The molecule has 2 N–H and O–H groups in total. The lowest BCUT2D eigenvalue weighted by Crippen LogP contribution is -2.63. The van der Waals surface area contributed by atoms with Gasteiger partial charge in [0.05, 0.1) is 11.2 Å². The van der Waals surface area contributed by atoms with Crippen molar-refractivity contribution >= 4 is 0 Å². The highest BCUT2D eigenvalue weighted by atomic mass is 16.3. The Labute approximate surface area is 245 Å². The van der Waals surface area contributed by atoms with Crippen LogP contribution < -0.4 is 0 Å². The molecule has 40 heavy (non-hydrogen) atoms. The zero-order valence-electron chi connectivity index (χ0n) is 27.2. The molecule has 224 valence electrons. The van der Waals surface area contributed by atoms with E-state index < -0.39 is 11.2 Å². The predicted molar refractivity (Wildman–Crippen MR) is 165 cm³/mol. The van der Waals surface area contributed by atoms with Gasteiger partial charge in [-0.25, -0.2) is 0 Å². The molecule has 0 aromatic rings. The Balaban J connectivity index is 1.49. The molecule has 0 saturated heterocycles. The van der Waals surface area contributed by atoms with Crippen LogP contribution in [0.4, 0.5) is 0 Å². The van der Waals surface area contributed by atoms with Crippen LogP contribution in [0, 0.1) is 70.0 Å². The van der Waals surface area contributed by atoms with Crippen LogP contribution in [-0.2, 0) is 0 Å². The Kier molecular flexibility index (Phi) is 6.32. The summed E-state index contributed by atoms with van der Waals surface area (Å²) in [5.74, 6) is 6.07. The summed E-state index contributed by atoms with van der Waals surface area (Å²) in [5, 5.41) is 24.0. The zero-order valence-corrected chi connectivity index (χ0v) is 27.2. The van der Waals surface area contributed by atoms with Gasteiger partial charge in [0.1, 0.15) is 0 Å². The Bertz CT molecular complexity index is 1120. The van der Waals surface area contributed by atoms with E-state index in [1.54, 1.807) is 0 Å². The van der Waals surface area contributed by atoms with Gasteiger partial charge in [0.25, 0.3) is 0 Å². The van der Waals surface area contributed by atoms with E-state index in [9.17, 15) is 10.2 Å². The average Bonchev–Trinajstić information content (AvgIpc) is 2.86. The third kappa shape index (κ3) is 3.60. The van der Waals surface area contributed by atoms with Crippen LogP contribution in [0.3, 0.4) is 0 Å². The van der Waals surface area contributed by atoms with E-state index in [0.717, 1.165) is 12.8 Å². The fourth-order valence-electron chi connectivity index (χ4n) is 13.8. The standard InChI is InChI=1S/C38H60O2/c1-21(2)23-11-13-27-31-25(19-29-35(27,5)15-9-17-37(29,7)39)26-20-30-36(6,16-10-18-38(30,8)40)28-14-12-24(22(3)4)34(32(26)28)33(23)31/h21-23,25-30,32,39-40H,9-20H2,1-8H3. The summed E-state index contributed by atoms with van der Waals surface area (Å²) in [5.41, 5.74) is 6.84. The molecule has 2 heteroatoms. The van der Waals surface area contributed by atoms with Crippen LogP contribution in [0.2, 0.25) is 0 Å². The smallest absolute Gasteiger partial charge is 0.0653 e. The second-order valence-electron chi connectivity index (χ2n) is 17.9. The van der Waals surface area contributed by atoms with E-state index in [1.165, 1.54) is 64.2 Å².